The van der Waals surface area contributed by atoms with Crippen molar-refractivity contribution >= 4 is 21.7 Å². The molecule has 1 aromatic rings. The minimum Gasteiger partial charge on any atom is -0.481 e. The van der Waals surface area contributed by atoms with Gasteiger partial charge in [0.15, 0.2) is 0 Å². The summed E-state index contributed by atoms with van der Waals surface area (Å²) in [6, 6.07) is 6.53. The molecule has 1 heterocycles. The molecule has 1 fully saturated rings. The maximum atomic E-state index is 11.9. The Bertz CT molecular complexity index is 627. The number of nitrogens with one attached hydrogen (secondary N) is 1. The summed E-state index contributed by atoms with van der Waals surface area (Å²) in [6.07, 6.45) is 0.583. The van der Waals surface area contributed by atoms with Crippen molar-refractivity contribution in [3.8, 4) is 0 Å². The monoisotopic (exact) mass is 312 g/mol. The van der Waals surface area contributed by atoms with E-state index in [0.717, 1.165) is 5.69 Å². The lowest BCUT2D eigenvalue weighted by Gasteiger charge is -2.22. The number of anilines is 1. The van der Waals surface area contributed by atoms with Gasteiger partial charge in [-0.2, -0.15) is 0 Å². The first-order valence-corrected chi connectivity index (χ1v) is 8.35. The van der Waals surface area contributed by atoms with Crippen molar-refractivity contribution in [1.82, 2.24) is 4.72 Å². The predicted molar refractivity (Wildman–Crippen MR) is 79.9 cm³/mol. The van der Waals surface area contributed by atoms with Crippen molar-refractivity contribution in [2.24, 2.45) is 5.41 Å². The zero-order valence-corrected chi connectivity index (χ0v) is 13.0. The van der Waals surface area contributed by atoms with Gasteiger partial charge in [-0.25, -0.2) is 13.1 Å². The number of aliphatic carboxylic acids is 1. The fourth-order valence-corrected chi connectivity index (χ4v) is 3.51. The van der Waals surface area contributed by atoms with Crippen molar-refractivity contribution < 1.29 is 18.3 Å². The van der Waals surface area contributed by atoms with E-state index in [9.17, 15) is 18.3 Å². The summed E-state index contributed by atoms with van der Waals surface area (Å²) in [4.78, 5) is 13.4. The van der Waals surface area contributed by atoms with Crippen LogP contribution in [0.15, 0.2) is 29.2 Å². The highest BCUT2D eigenvalue weighted by atomic mass is 32.2. The van der Waals surface area contributed by atoms with Crippen molar-refractivity contribution in [2.75, 3.05) is 24.5 Å². The minimum absolute atomic E-state index is 0.216. The van der Waals surface area contributed by atoms with E-state index in [1.54, 1.807) is 38.1 Å². The summed E-state index contributed by atoms with van der Waals surface area (Å²) >= 11 is 0. The maximum absolute atomic E-state index is 11.9. The molecule has 21 heavy (non-hydrogen) atoms. The first-order chi connectivity index (χ1) is 9.78. The van der Waals surface area contributed by atoms with Crippen LogP contribution in [0.2, 0.25) is 0 Å². The summed E-state index contributed by atoms with van der Waals surface area (Å²) in [5, 5.41) is 9.23. The molecule has 0 radical (unpaired) electrons. The largest absolute Gasteiger partial charge is 0.481 e. The lowest BCUT2D eigenvalue weighted by Crippen LogP contribution is -2.31. The number of benzene rings is 1. The molecule has 2 rings (SSSR count). The van der Waals surface area contributed by atoms with Crippen LogP contribution in [-0.4, -0.2) is 39.1 Å². The summed E-state index contributed by atoms with van der Waals surface area (Å²) in [6.45, 7) is 4.89. The molecule has 0 saturated carbocycles. The van der Waals surface area contributed by atoms with E-state index in [4.69, 9.17) is 0 Å². The van der Waals surface area contributed by atoms with Gasteiger partial charge in [-0.1, -0.05) is 6.92 Å². The summed E-state index contributed by atoms with van der Waals surface area (Å²) in [7, 11) is -3.45. The Hall–Kier alpha value is -1.60. The second-order valence-corrected chi connectivity index (χ2v) is 7.30. The Morgan fingerprint density at radius 1 is 1.38 bits per heavy atom. The molecular weight excluding hydrogens is 292 g/mol. The zero-order chi connectivity index (χ0) is 15.7. The molecule has 116 valence electrons. The molecule has 0 aromatic heterocycles. The van der Waals surface area contributed by atoms with Gasteiger partial charge < -0.3 is 10.0 Å². The molecule has 1 unspecified atom stereocenters. The molecule has 1 saturated heterocycles. The van der Waals surface area contributed by atoms with Gasteiger partial charge in [-0.15, -0.1) is 0 Å². The number of hydrogen-bond acceptors (Lipinski definition) is 4. The quantitative estimate of drug-likeness (QED) is 0.855. The van der Waals surface area contributed by atoms with Crippen molar-refractivity contribution in [3.05, 3.63) is 24.3 Å². The summed E-state index contributed by atoms with van der Waals surface area (Å²) < 4.78 is 26.1. The second kappa shape index (κ2) is 5.65. The van der Waals surface area contributed by atoms with Crippen LogP contribution in [0.1, 0.15) is 20.3 Å². The molecule has 1 aromatic carbocycles. The van der Waals surface area contributed by atoms with E-state index in [1.165, 1.54) is 0 Å². The van der Waals surface area contributed by atoms with E-state index in [2.05, 4.69) is 4.72 Å². The summed E-state index contributed by atoms with van der Waals surface area (Å²) in [5.74, 6) is -0.795. The van der Waals surface area contributed by atoms with Crippen LogP contribution in [0, 0.1) is 5.41 Å². The van der Waals surface area contributed by atoms with Crippen molar-refractivity contribution in [2.45, 2.75) is 25.2 Å². The Balaban J connectivity index is 2.16. The number of nitrogens with zero attached hydrogens (tertiary/aromatic N) is 1. The van der Waals surface area contributed by atoms with Crippen LogP contribution >= 0.6 is 0 Å². The van der Waals surface area contributed by atoms with Gasteiger partial charge in [0, 0.05) is 25.3 Å². The minimum atomic E-state index is -3.45. The van der Waals surface area contributed by atoms with Gasteiger partial charge in [-0.05, 0) is 37.6 Å². The van der Waals surface area contributed by atoms with Gasteiger partial charge >= 0.3 is 5.97 Å². The predicted octanol–water partition coefficient (Wildman–Crippen LogP) is 1.29. The molecule has 1 aliphatic rings. The van der Waals surface area contributed by atoms with Gasteiger partial charge in [0.2, 0.25) is 10.0 Å². The number of hydrogen-bond donors (Lipinski definition) is 2. The molecule has 1 aliphatic heterocycles. The molecule has 1 atom stereocenters. The van der Waals surface area contributed by atoms with E-state index in [-0.39, 0.29) is 4.90 Å². The van der Waals surface area contributed by atoms with Crippen LogP contribution in [0.5, 0.6) is 0 Å². The highest BCUT2D eigenvalue weighted by Crippen LogP contribution is 2.33. The number of rotatable bonds is 5. The van der Waals surface area contributed by atoms with E-state index in [1.807, 2.05) is 4.90 Å². The van der Waals surface area contributed by atoms with E-state index in [0.29, 0.717) is 26.1 Å². The highest BCUT2D eigenvalue weighted by molar-refractivity contribution is 7.89. The van der Waals surface area contributed by atoms with E-state index >= 15 is 0 Å². The number of carboxylic acid groups (broad SMARTS) is 1. The third kappa shape index (κ3) is 3.19. The normalized spacial score (nSPS) is 22.5. The Morgan fingerprint density at radius 3 is 2.48 bits per heavy atom. The highest BCUT2D eigenvalue weighted by Gasteiger charge is 2.40. The van der Waals surface area contributed by atoms with Gasteiger partial charge in [0.05, 0.1) is 10.3 Å². The zero-order valence-electron chi connectivity index (χ0n) is 12.2. The van der Waals surface area contributed by atoms with E-state index < -0.39 is 21.4 Å². The number of carboxylic acids is 1. The molecule has 2 N–H and O–H groups in total. The first kappa shape index (κ1) is 15.8. The maximum Gasteiger partial charge on any atom is 0.311 e. The SMILES string of the molecule is CCNS(=O)(=O)c1ccc(N2CCC(C)(C(=O)O)C2)cc1. The van der Waals surface area contributed by atoms with Crippen LogP contribution < -0.4 is 9.62 Å². The second-order valence-electron chi connectivity index (χ2n) is 5.53. The van der Waals surface area contributed by atoms with Gasteiger partial charge in [0.1, 0.15) is 0 Å². The van der Waals surface area contributed by atoms with Gasteiger partial charge in [0.25, 0.3) is 0 Å². The Labute approximate surface area is 124 Å². The molecule has 6 nitrogen and oxygen atoms in total. The molecule has 0 amide bonds. The fraction of sp³-hybridized carbons (Fsp3) is 0.500. The Morgan fingerprint density at radius 2 is 2.00 bits per heavy atom. The molecule has 0 bridgehead atoms. The first-order valence-electron chi connectivity index (χ1n) is 6.86. The third-order valence-electron chi connectivity index (χ3n) is 3.84. The van der Waals surface area contributed by atoms with Crippen LogP contribution in [0.25, 0.3) is 0 Å². The topological polar surface area (TPSA) is 86.7 Å². The third-order valence-corrected chi connectivity index (χ3v) is 5.40. The van der Waals surface area contributed by atoms with Crippen molar-refractivity contribution in [1.29, 1.82) is 0 Å². The number of sulfonamides is 1. The fourth-order valence-electron chi connectivity index (χ4n) is 2.47. The molecule has 7 heteroatoms. The lowest BCUT2D eigenvalue weighted by atomic mass is 9.90. The molecule has 0 aliphatic carbocycles. The average molecular weight is 312 g/mol. The lowest BCUT2D eigenvalue weighted by molar-refractivity contribution is -0.146. The summed E-state index contributed by atoms with van der Waals surface area (Å²) in [5.41, 5.74) is 0.101. The smallest absolute Gasteiger partial charge is 0.311 e. The van der Waals surface area contributed by atoms with Crippen LogP contribution in [0.4, 0.5) is 5.69 Å². The van der Waals surface area contributed by atoms with Gasteiger partial charge in [-0.3, -0.25) is 4.79 Å². The van der Waals surface area contributed by atoms with Crippen LogP contribution in [-0.2, 0) is 14.8 Å². The average Bonchev–Trinajstić information content (AvgIpc) is 2.83. The molecule has 0 spiro atoms. The standard InChI is InChI=1S/C14H20N2O4S/c1-3-15-21(19,20)12-6-4-11(5-7-12)16-9-8-14(2,10-16)13(17)18/h4-7,15H,3,8-10H2,1-2H3,(H,17,18). The molecular formula is C14H20N2O4S. The Kier molecular flexibility index (Phi) is 4.25. The number of carbonyl (C=O) groups is 1. The van der Waals surface area contributed by atoms with Crippen LogP contribution in [0.3, 0.4) is 0 Å². The van der Waals surface area contributed by atoms with Crippen molar-refractivity contribution in [3.63, 3.8) is 0 Å².